The third-order valence-electron chi connectivity index (χ3n) is 3.45. The van der Waals surface area contributed by atoms with Crippen molar-refractivity contribution in [1.29, 1.82) is 0 Å². The zero-order valence-electron chi connectivity index (χ0n) is 10.1. The molecule has 0 fully saturated rings. The van der Waals surface area contributed by atoms with E-state index in [4.69, 9.17) is 0 Å². The van der Waals surface area contributed by atoms with Gasteiger partial charge in [0.05, 0.1) is 11.4 Å². The fraction of sp³-hybridized carbons (Fsp3) is 0. The zero-order valence-corrected chi connectivity index (χ0v) is 10.9. The van der Waals surface area contributed by atoms with E-state index in [-0.39, 0.29) is 11.6 Å². The van der Waals surface area contributed by atoms with Gasteiger partial charge in [-0.3, -0.25) is 19.0 Å². The number of carbonyl (C=O) groups is 2. The van der Waals surface area contributed by atoms with Crippen molar-refractivity contribution in [3.63, 3.8) is 0 Å². The van der Waals surface area contributed by atoms with Gasteiger partial charge in [-0.2, -0.15) is 0 Å². The molecule has 98 valence electrons. The lowest BCUT2D eigenvalue weighted by Gasteiger charge is -2.13. The van der Waals surface area contributed by atoms with Crippen molar-refractivity contribution in [2.45, 2.75) is 0 Å². The number of benzene rings is 1. The van der Waals surface area contributed by atoms with Crippen molar-refractivity contribution in [2.24, 2.45) is 0 Å². The van der Waals surface area contributed by atoms with Gasteiger partial charge in [0.15, 0.2) is 11.6 Å². The van der Waals surface area contributed by atoms with E-state index >= 15 is 0 Å². The molecule has 0 saturated carbocycles. The molecule has 0 bridgehead atoms. The smallest absolute Gasteiger partial charge is 0.220 e. The average molecular weight is 284 g/mol. The van der Waals surface area contributed by atoms with Crippen LogP contribution in [0.1, 0.15) is 11.1 Å². The van der Waals surface area contributed by atoms with Crippen molar-refractivity contribution in [3.05, 3.63) is 33.7 Å². The minimum absolute atomic E-state index is 0.112. The first kappa shape index (κ1) is 11.4. The summed E-state index contributed by atoms with van der Waals surface area (Å²) in [6, 6.07) is 0. The predicted octanol–water partition coefficient (Wildman–Crippen LogP) is -0.145. The molecule has 2 N–H and O–H groups in total. The van der Waals surface area contributed by atoms with Gasteiger partial charge in [-0.05, 0) is 47.6 Å². The third kappa shape index (κ3) is 1.45. The van der Waals surface area contributed by atoms with Crippen molar-refractivity contribution in [3.8, 4) is 0 Å². The van der Waals surface area contributed by atoms with E-state index in [1.807, 2.05) is 0 Å². The van der Waals surface area contributed by atoms with Crippen LogP contribution in [0.2, 0.25) is 0 Å². The molecule has 20 heavy (non-hydrogen) atoms. The van der Waals surface area contributed by atoms with Crippen LogP contribution in [0.5, 0.6) is 0 Å². The van der Waals surface area contributed by atoms with Gasteiger partial charge in [0.25, 0.3) is 0 Å². The molecule has 2 aliphatic carbocycles. The van der Waals surface area contributed by atoms with Crippen LogP contribution in [-0.2, 0) is 20.8 Å². The van der Waals surface area contributed by atoms with Gasteiger partial charge in [-0.15, -0.1) is 0 Å². The quantitative estimate of drug-likeness (QED) is 0.696. The summed E-state index contributed by atoms with van der Waals surface area (Å²) in [6.07, 6.45) is 9.45. The highest BCUT2D eigenvalue weighted by Gasteiger charge is 2.25. The maximum absolute atomic E-state index is 11.7. The molecule has 0 aromatic heterocycles. The van der Waals surface area contributed by atoms with E-state index in [2.05, 4.69) is 9.44 Å². The summed E-state index contributed by atoms with van der Waals surface area (Å²) in [4.78, 5) is 23.2. The monoisotopic (exact) mass is 284 g/mol. The fourth-order valence-corrected chi connectivity index (χ4v) is 3.47. The van der Waals surface area contributed by atoms with E-state index in [1.165, 1.54) is 24.3 Å². The molecule has 0 radical (unpaired) electrons. The summed E-state index contributed by atoms with van der Waals surface area (Å²) >= 11 is -1.45. The van der Waals surface area contributed by atoms with Crippen LogP contribution in [0.3, 0.4) is 0 Å². The Hall–Kier alpha value is -2.47. The molecular weight excluding hydrogens is 276 g/mol. The molecule has 0 atom stereocenters. The Morgan fingerprint density at radius 3 is 1.65 bits per heavy atom. The topological polar surface area (TPSA) is 75.3 Å². The standard InChI is InChI=1S/C14H8N2O3S/c17-7-1-3-9-10-4-2-8(18)6-12(10)14-13(11(9)5-7)15-20(19)16-14/h1-6,15-16H. The molecule has 3 aliphatic rings. The highest BCUT2D eigenvalue weighted by molar-refractivity contribution is 7.88. The molecule has 1 aromatic rings. The van der Waals surface area contributed by atoms with Gasteiger partial charge in [0, 0.05) is 10.4 Å². The van der Waals surface area contributed by atoms with Gasteiger partial charge < -0.3 is 0 Å². The van der Waals surface area contributed by atoms with Crippen LogP contribution < -0.4 is 19.9 Å². The summed E-state index contributed by atoms with van der Waals surface area (Å²) in [5.74, 6) is -0.224. The number of fused-ring (bicyclic) bond motifs is 6. The van der Waals surface area contributed by atoms with Gasteiger partial charge >= 0.3 is 0 Å². The lowest BCUT2D eigenvalue weighted by molar-refractivity contribution is -0.110. The van der Waals surface area contributed by atoms with Crippen molar-refractivity contribution < 1.29 is 13.8 Å². The third-order valence-corrected chi connectivity index (χ3v) is 4.23. The SMILES string of the molecule is O=C1C=Cc2c3c(c4c(c2=C1)NS(=O)N4)=CC(=O)C=C3. The highest BCUT2D eigenvalue weighted by atomic mass is 32.2. The molecule has 0 amide bonds. The first-order valence-corrected chi connectivity index (χ1v) is 7.11. The number of hydrogen-bond acceptors (Lipinski definition) is 3. The first-order valence-electron chi connectivity index (χ1n) is 5.96. The Labute approximate surface area is 116 Å². The van der Waals surface area contributed by atoms with Gasteiger partial charge in [-0.1, -0.05) is 0 Å². The summed E-state index contributed by atoms with van der Waals surface area (Å²) in [5, 5.41) is 1.41. The van der Waals surface area contributed by atoms with Crippen LogP contribution in [0, 0.1) is 0 Å². The Morgan fingerprint density at radius 2 is 1.20 bits per heavy atom. The van der Waals surface area contributed by atoms with Crippen LogP contribution in [-0.4, -0.2) is 15.8 Å². The molecule has 5 nitrogen and oxygen atoms in total. The van der Waals surface area contributed by atoms with Crippen LogP contribution in [0.4, 0.5) is 11.4 Å². The highest BCUT2D eigenvalue weighted by Crippen LogP contribution is 2.26. The van der Waals surface area contributed by atoms with Gasteiger partial charge in [0.1, 0.15) is 0 Å². The molecule has 1 heterocycles. The molecule has 4 rings (SSSR count). The summed E-state index contributed by atoms with van der Waals surface area (Å²) in [5.41, 5.74) is 2.92. The second kappa shape index (κ2) is 3.77. The van der Waals surface area contributed by atoms with Crippen LogP contribution in [0.25, 0.3) is 24.3 Å². The largest absolute Gasteiger partial charge is 0.290 e. The van der Waals surface area contributed by atoms with Crippen molar-refractivity contribution >= 4 is 58.4 Å². The lowest BCUT2D eigenvalue weighted by atomic mass is 9.92. The molecule has 0 spiro atoms. The molecule has 0 unspecified atom stereocenters. The second-order valence-corrected chi connectivity index (χ2v) is 5.58. The van der Waals surface area contributed by atoms with E-state index in [9.17, 15) is 13.8 Å². The molecule has 6 heteroatoms. The minimum Gasteiger partial charge on any atom is -0.290 e. The summed E-state index contributed by atoms with van der Waals surface area (Å²) in [6.45, 7) is 0. The second-order valence-electron chi connectivity index (χ2n) is 4.64. The van der Waals surface area contributed by atoms with E-state index in [1.54, 1.807) is 12.2 Å². The maximum Gasteiger partial charge on any atom is 0.220 e. The number of rotatable bonds is 0. The minimum atomic E-state index is -1.45. The Kier molecular flexibility index (Phi) is 2.14. The Bertz CT molecular complexity index is 837. The van der Waals surface area contributed by atoms with Gasteiger partial charge in [-0.25, -0.2) is 4.21 Å². The van der Waals surface area contributed by atoms with Crippen molar-refractivity contribution in [2.75, 3.05) is 9.44 Å². The average Bonchev–Trinajstić information content (AvgIpc) is 2.81. The van der Waals surface area contributed by atoms with Crippen LogP contribution in [0.15, 0.2) is 12.2 Å². The number of nitrogens with one attached hydrogen (secondary N) is 2. The Balaban J connectivity index is 2.23. The lowest BCUT2D eigenvalue weighted by Crippen LogP contribution is -2.26. The number of allylic oxidation sites excluding steroid dienone is 2. The van der Waals surface area contributed by atoms with Crippen LogP contribution >= 0.6 is 0 Å². The normalized spacial score (nSPS) is 18.4. The first-order chi connectivity index (χ1) is 9.63. The fourth-order valence-electron chi connectivity index (χ4n) is 2.62. The summed E-state index contributed by atoms with van der Waals surface area (Å²) < 4.78 is 17.3. The van der Waals surface area contributed by atoms with E-state index < -0.39 is 11.2 Å². The van der Waals surface area contributed by atoms with E-state index in [0.717, 1.165) is 11.1 Å². The van der Waals surface area contributed by atoms with Gasteiger partial charge in [0.2, 0.25) is 11.2 Å². The number of anilines is 2. The molecule has 1 aliphatic heterocycles. The number of hydrogen-bond donors (Lipinski definition) is 2. The predicted molar refractivity (Wildman–Crippen MR) is 78.1 cm³/mol. The van der Waals surface area contributed by atoms with E-state index in [0.29, 0.717) is 21.8 Å². The molecule has 0 saturated heterocycles. The number of carbonyl (C=O) groups excluding carboxylic acids is 2. The molecule has 1 aromatic carbocycles. The maximum atomic E-state index is 11.7. The Morgan fingerprint density at radius 1 is 0.750 bits per heavy atom. The molecular formula is C14H8N2O3S. The number of ketones is 2. The zero-order chi connectivity index (χ0) is 13.9. The summed E-state index contributed by atoms with van der Waals surface area (Å²) in [7, 11) is 0. The van der Waals surface area contributed by atoms with Crippen molar-refractivity contribution in [1.82, 2.24) is 0 Å².